The number of carbonyl (C=O) groups is 2. The van der Waals surface area contributed by atoms with Gasteiger partial charge in [0.1, 0.15) is 0 Å². The van der Waals surface area contributed by atoms with Gasteiger partial charge in [-0.3, -0.25) is 4.79 Å². The molecule has 0 spiro atoms. The summed E-state index contributed by atoms with van der Waals surface area (Å²) in [6.07, 6.45) is 1.64. The number of amides is 3. The van der Waals surface area contributed by atoms with E-state index < -0.39 is 0 Å². The van der Waals surface area contributed by atoms with E-state index in [2.05, 4.69) is 18.9 Å². The van der Waals surface area contributed by atoms with Crippen molar-refractivity contribution in [2.75, 3.05) is 39.3 Å². The number of piperazine rings is 1. The molecular weight excluding hydrogens is 402 g/mol. The third kappa shape index (κ3) is 4.46. The Morgan fingerprint density at radius 3 is 2.30 bits per heavy atom. The molecule has 7 nitrogen and oxygen atoms in total. The van der Waals surface area contributed by atoms with Crippen LogP contribution in [0.15, 0.2) is 30.5 Å². The quantitative estimate of drug-likeness (QED) is 0.721. The van der Waals surface area contributed by atoms with E-state index in [1.807, 2.05) is 52.8 Å². The largest absolute Gasteiger partial charge is 0.335 e. The molecule has 0 bridgehead atoms. The lowest BCUT2D eigenvalue weighted by atomic mass is 10.0. The predicted molar refractivity (Wildman–Crippen MR) is 118 cm³/mol. The molecule has 3 amide bonds. The lowest BCUT2D eigenvalue weighted by molar-refractivity contribution is 0.0640. The predicted octanol–water partition coefficient (Wildman–Crippen LogP) is 3.87. The van der Waals surface area contributed by atoms with Gasteiger partial charge in [-0.05, 0) is 38.0 Å². The molecule has 162 valence electrons. The first-order valence-electron chi connectivity index (χ1n) is 10.5. The first kappa shape index (κ1) is 22.2. The number of rotatable bonds is 5. The van der Waals surface area contributed by atoms with Crippen LogP contribution in [0.1, 0.15) is 49.7 Å². The standard InChI is InChI=1S/C22H30ClN5O2/c1-5-25(6-2)22(30)27-12-10-26(11-13-27)21(29)19-15-24-28(20(19)16(3)4)18-9-7-8-17(23)14-18/h7-9,14-16H,5-6,10-13H2,1-4H3. The van der Waals surface area contributed by atoms with Crippen LogP contribution in [-0.4, -0.2) is 75.7 Å². The maximum absolute atomic E-state index is 13.3. The van der Waals surface area contributed by atoms with E-state index in [1.54, 1.807) is 10.9 Å². The Labute approximate surface area is 183 Å². The van der Waals surface area contributed by atoms with Gasteiger partial charge in [-0.15, -0.1) is 0 Å². The van der Waals surface area contributed by atoms with Crippen LogP contribution >= 0.6 is 11.6 Å². The first-order chi connectivity index (χ1) is 14.4. The average Bonchev–Trinajstić information content (AvgIpc) is 3.19. The number of aromatic nitrogens is 2. The van der Waals surface area contributed by atoms with Crippen molar-refractivity contribution in [1.29, 1.82) is 0 Å². The Morgan fingerprint density at radius 1 is 1.10 bits per heavy atom. The smallest absolute Gasteiger partial charge is 0.320 e. The van der Waals surface area contributed by atoms with E-state index in [9.17, 15) is 9.59 Å². The number of benzene rings is 1. The maximum Gasteiger partial charge on any atom is 0.320 e. The number of nitrogens with zero attached hydrogens (tertiary/aromatic N) is 5. The second-order valence-corrected chi connectivity index (χ2v) is 8.16. The van der Waals surface area contributed by atoms with Gasteiger partial charge < -0.3 is 14.7 Å². The molecule has 0 atom stereocenters. The fraction of sp³-hybridized carbons (Fsp3) is 0.500. The zero-order valence-electron chi connectivity index (χ0n) is 18.1. The number of halogens is 1. The monoisotopic (exact) mass is 431 g/mol. The van der Waals surface area contributed by atoms with Gasteiger partial charge >= 0.3 is 6.03 Å². The minimum Gasteiger partial charge on any atom is -0.335 e. The molecule has 1 aliphatic rings. The molecule has 1 aromatic heterocycles. The SMILES string of the molecule is CCN(CC)C(=O)N1CCN(C(=O)c2cnn(-c3cccc(Cl)c3)c2C(C)C)CC1. The van der Waals surface area contributed by atoms with Crippen LogP contribution < -0.4 is 0 Å². The molecule has 1 fully saturated rings. The van der Waals surface area contributed by atoms with Crippen molar-refractivity contribution in [1.82, 2.24) is 24.5 Å². The second kappa shape index (κ2) is 9.51. The van der Waals surface area contributed by atoms with Crippen LogP contribution in [-0.2, 0) is 0 Å². The number of urea groups is 1. The number of hydrogen-bond donors (Lipinski definition) is 0. The third-order valence-electron chi connectivity index (χ3n) is 5.51. The average molecular weight is 432 g/mol. The van der Waals surface area contributed by atoms with Gasteiger partial charge in [0, 0.05) is 44.3 Å². The van der Waals surface area contributed by atoms with Crippen LogP contribution in [0.4, 0.5) is 4.79 Å². The normalized spacial score (nSPS) is 14.3. The highest BCUT2D eigenvalue weighted by atomic mass is 35.5. The minimum absolute atomic E-state index is 0.0399. The molecule has 1 saturated heterocycles. The molecule has 0 N–H and O–H groups in total. The van der Waals surface area contributed by atoms with Crippen LogP contribution in [0.2, 0.25) is 5.02 Å². The topological polar surface area (TPSA) is 61.7 Å². The van der Waals surface area contributed by atoms with Gasteiger partial charge in [-0.2, -0.15) is 5.10 Å². The van der Waals surface area contributed by atoms with Gasteiger partial charge in [0.15, 0.2) is 0 Å². The molecule has 2 heterocycles. The summed E-state index contributed by atoms with van der Waals surface area (Å²) in [6, 6.07) is 7.50. The summed E-state index contributed by atoms with van der Waals surface area (Å²) in [5.74, 6) is 0.0675. The van der Waals surface area contributed by atoms with Crippen LogP contribution in [0.25, 0.3) is 5.69 Å². The van der Waals surface area contributed by atoms with Gasteiger partial charge in [0.05, 0.1) is 23.1 Å². The van der Waals surface area contributed by atoms with E-state index in [0.717, 1.165) is 11.4 Å². The van der Waals surface area contributed by atoms with Crippen molar-refractivity contribution < 1.29 is 9.59 Å². The first-order valence-corrected chi connectivity index (χ1v) is 10.9. The van der Waals surface area contributed by atoms with Crippen molar-refractivity contribution in [3.05, 3.63) is 46.7 Å². The van der Waals surface area contributed by atoms with E-state index in [-0.39, 0.29) is 17.9 Å². The van der Waals surface area contributed by atoms with Crippen molar-refractivity contribution in [3.63, 3.8) is 0 Å². The summed E-state index contributed by atoms with van der Waals surface area (Å²) in [5.41, 5.74) is 2.30. The molecule has 0 saturated carbocycles. The van der Waals surface area contributed by atoms with Gasteiger partial charge in [0.2, 0.25) is 0 Å². The van der Waals surface area contributed by atoms with E-state index in [0.29, 0.717) is 49.9 Å². The highest BCUT2D eigenvalue weighted by Crippen LogP contribution is 2.26. The highest BCUT2D eigenvalue weighted by molar-refractivity contribution is 6.30. The van der Waals surface area contributed by atoms with Gasteiger partial charge in [-0.25, -0.2) is 9.48 Å². The Balaban J connectivity index is 1.77. The third-order valence-corrected chi connectivity index (χ3v) is 5.74. The lowest BCUT2D eigenvalue weighted by Gasteiger charge is -2.37. The zero-order valence-corrected chi connectivity index (χ0v) is 18.9. The minimum atomic E-state index is -0.0399. The Bertz CT molecular complexity index is 899. The van der Waals surface area contributed by atoms with E-state index >= 15 is 0 Å². The summed E-state index contributed by atoms with van der Waals surface area (Å²) in [5, 5.41) is 5.12. The molecule has 1 aromatic carbocycles. The van der Waals surface area contributed by atoms with Crippen molar-refractivity contribution in [2.24, 2.45) is 0 Å². The molecule has 2 aromatic rings. The van der Waals surface area contributed by atoms with Gasteiger partial charge in [-0.1, -0.05) is 31.5 Å². The molecule has 1 aliphatic heterocycles. The highest BCUT2D eigenvalue weighted by Gasteiger charge is 2.29. The number of carbonyl (C=O) groups excluding carboxylic acids is 2. The molecular formula is C22H30ClN5O2. The summed E-state index contributed by atoms with van der Waals surface area (Å²) >= 11 is 6.15. The zero-order chi connectivity index (χ0) is 21.8. The Kier molecular flexibility index (Phi) is 7.02. The van der Waals surface area contributed by atoms with E-state index in [4.69, 9.17) is 11.6 Å². The summed E-state index contributed by atoms with van der Waals surface area (Å²) in [6.45, 7) is 11.6. The molecule has 0 aliphatic carbocycles. The van der Waals surface area contributed by atoms with Crippen LogP contribution in [0.3, 0.4) is 0 Å². The summed E-state index contributed by atoms with van der Waals surface area (Å²) in [4.78, 5) is 31.3. The maximum atomic E-state index is 13.3. The summed E-state index contributed by atoms with van der Waals surface area (Å²) in [7, 11) is 0. The van der Waals surface area contributed by atoms with Gasteiger partial charge in [0.25, 0.3) is 5.91 Å². The van der Waals surface area contributed by atoms with E-state index in [1.165, 1.54) is 0 Å². The van der Waals surface area contributed by atoms with Crippen molar-refractivity contribution in [3.8, 4) is 5.69 Å². The van der Waals surface area contributed by atoms with Crippen LogP contribution in [0, 0.1) is 0 Å². The lowest BCUT2D eigenvalue weighted by Crippen LogP contribution is -2.54. The Hall–Kier alpha value is -2.54. The molecule has 0 unspecified atom stereocenters. The fourth-order valence-electron chi connectivity index (χ4n) is 3.86. The summed E-state index contributed by atoms with van der Waals surface area (Å²) < 4.78 is 1.80. The van der Waals surface area contributed by atoms with Crippen molar-refractivity contribution >= 4 is 23.5 Å². The fourth-order valence-corrected chi connectivity index (χ4v) is 4.04. The molecule has 0 radical (unpaired) electrons. The van der Waals surface area contributed by atoms with Crippen molar-refractivity contribution in [2.45, 2.75) is 33.6 Å². The van der Waals surface area contributed by atoms with Crippen LogP contribution in [0.5, 0.6) is 0 Å². The molecule has 8 heteroatoms. The second-order valence-electron chi connectivity index (χ2n) is 7.72. The number of hydrogen-bond acceptors (Lipinski definition) is 3. The molecule has 30 heavy (non-hydrogen) atoms. The molecule has 3 rings (SSSR count). The Morgan fingerprint density at radius 2 is 1.73 bits per heavy atom.